The molecule has 2 aliphatic rings. The first kappa shape index (κ1) is 21.3. The van der Waals surface area contributed by atoms with Crippen LogP contribution in [0.25, 0.3) is 0 Å². The van der Waals surface area contributed by atoms with E-state index >= 15 is 0 Å². The lowest BCUT2D eigenvalue weighted by molar-refractivity contribution is -0.174. The highest BCUT2D eigenvalue weighted by molar-refractivity contribution is 6.02. The molecule has 33 heavy (non-hydrogen) atoms. The van der Waals surface area contributed by atoms with E-state index < -0.39 is 11.6 Å². The predicted octanol–water partition coefficient (Wildman–Crippen LogP) is 4.59. The van der Waals surface area contributed by atoms with Crippen LogP contribution in [0.15, 0.2) is 84.9 Å². The van der Waals surface area contributed by atoms with Crippen LogP contribution in [-0.2, 0) is 22.7 Å². The number of rotatable bonds is 5. The second kappa shape index (κ2) is 8.39. The molecule has 1 saturated heterocycles. The monoisotopic (exact) mass is 440 g/mol. The number of carbonyl (C=O) groups excluding carboxylic acids is 2. The molecule has 2 amide bonds. The second-order valence-corrected chi connectivity index (χ2v) is 9.17. The fraction of sp³-hybridized carbons (Fsp3) is 0.286. The molecule has 0 unspecified atom stereocenters. The van der Waals surface area contributed by atoms with Gasteiger partial charge >= 0.3 is 0 Å². The molecule has 5 nitrogen and oxygen atoms in total. The SMILES string of the molecule is CN1C(=O)[C@@H](C(=O)N(Cc2ccccc2)Cc2ccccc2)[C@H]2C[C@@]1(C)Oc1ccccc12. The molecular formula is C28H28N2O3. The Morgan fingerprint density at radius 1 is 0.939 bits per heavy atom. The zero-order valence-corrected chi connectivity index (χ0v) is 19.0. The zero-order valence-electron chi connectivity index (χ0n) is 19.0. The zero-order chi connectivity index (χ0) is 23.0. The lowest BCUT2D eigenvalue weighted by Gasteiger charge is -2.52. The maximum absolute atomic E-state index is 14.1. The summed E-state index contributed by atoms with van der Waals surface area (Å²) in [5.74, 6) is -0.556. The minimum absolute atomic E-state index is 0.136. The third-order valence-corrected chi connectivity index (χ3v) is 6.97. The van der Waals surface area contributed by atoms with E-state index in [0.717, 1.165) is 22.4 Å². The number of benzene rings is 3. The summed E-state index contributed by atoms with van der Waals surface area (Å²) in [6.07, 6.45) is 0.590. The average Bonchev–Trinajstić information content (AvgIpc) is 2.83. The van der Waals surface area contributed by atoms with Crippen molar-refractivity contribution >= 4 is 11.8 Å². The van der Waals surface area contributed by atoms with Gasteiger partial charge in [-0.05, 0) is 29.7 Å². The molecule has 1 fully saturated rings. The number of likely N-dealkylation sites (tertiary alicyclic amines) is 1. The van der Waals surface area contributed by atoms with Crippen molar-refractivity contribution in [3.05, 3.63) is 102 Å². The first-order chi connectivity index (χ1) is 16.0. The maximum Gasteiger partial charge on any atom is 0.238 e. The van der Waals surface area contributed by atoms with Crippen LogP contribution in [-0.4, -0.2) is 34.4 Å². The summed E-state index contributed by atoms with van der Waals surface area (Å²) in [4.78, 5) is 31.2. The molecule has 3 atom stereocenters. The van der Waals surface area contributed by atoms with E-state index in [9.17, 15) is 9.59 Å². The Kier molecular flexibility index (Phi) is 5.41. The summed E-state index contributed by atoms with van der Waals surface area (Å²) in [7, 11) is 1.74. The molecule has 0 aromatic heterocycles. The highest BCUT2D eigenvalue weighted by Gasteiger charge is 2.55. The van der Waals surface area contributed by atoms with E-state index in [2.05, 4.69) is 0 Å². The number of hydrogen-bond donors (Lipinski definition) is 0. The number of nitrogens with zero attached hydrogens (tertiary/aromatic N) is 2. The lowest BCUT2D eigenvalue weighted by atomic mass is 9.73. The molecule has 5 rings (SSSR count). The molecule has 0 N–H and O–H groups in total. The minimum Gasteiger partial charge on any atom is -0.468 e. The Hall–Kier alpha value is -3.60. The summed E-state index contributed by atoms with van der Waals surface area (Å²) in [6.45, 7) is 2.83. The van der Waals surface area contributed by atoms with Gasteiger partial charge in [0.25, 0.3) is 0 Å². The number of para-hydroxylation sites is 1. The van der Waals surface area contributed by atoms with Crippen LogP contribution >= 0.6 is 0 Å². The number of ether oxygens (including phenoxy) is 1. The van der Waals surface area contributed by atoms with E-state index in [-0.39, 0.29) is 17.7 Å². The van der Waals surface area contributed by atoms with Crippen LogP contribution in [0.4, 0.5) is 0 Å². The smallest absolute Gasteiger partial charge is 0.238 e. The van der Waals surface area contributed by atoms with Gasteiger partial charge in [0.2, 0.25) is 11.8 Å². The lowest BCUT2D eigenvalue weighted by Crippen LogP contribution is -2.63. The average molecular weight is 441 g/mol. The van der Waals surface area contributed by atoms with Crippen molar-refractivity contribution in [2.24, 2.45) is 5.92 Å². The molecule has 0 aliphatic carbocycles. The Balaban J connectivity index is 1.53. The quantitative estimate of drug-likeness (QED) is 0.546. The van der Waals surface area contributed by atoms with Crippen molar-refractivity contribution in [2.45, 2.75) is 38.1 Å². The molecule has 2 heterocycles. The van der Waals surface area contributed by atoms with Crippen LogP contribution < -0.4 is 4.74 Å². The van der Waals surface area contributed by atoms with Gasteiger partial charge in [-0.1, -0.05) is 78.9 Å². The molecule has 2 aliphatic heterocycles. The molecule has 0 radical (unpaired) electrons. The Morgan fingerprint density at radius 2 is 1.48 bits per heavy atom. The number of piperidine rings is 1. The third-order valence-electron chi connectivity index (χ3n) is 6.97. The van der Waals surface area contributed by atoms with E-state index in [1.807, 2.05) is 96.8 Å². The van der Waals surface area contributed by atoms with Crippen molar-refractivity contribution in [2.75, 3.05) is 7.05 Å². The summed E-state index contributed by atoms with van der Waals surface area (Å²) >= 11 is 0. The fourth-order valence-electron chi connectivity index (χ4n) is 5.09. The third kappa shape index (κ3) is 3.88. The van der Waals surface area contributed by atoms with Gasteiger partial charge < -0.3 is 14.5 Å². The fourth-order valence-corrected chi connectivity index (χ4v) is 5.09. The van der Waals surface area contributed by atoms with Crippen molar-refractivity contribution in [3.63, 3.8) is 0 Å². The van der Waals surface area contributed by atoms with Gasteiger partial charge in [-0.15, -0.1) is 0 Å². The summed E-state index contributed by atoms with van der Waals surface area (Å²) < 4.78 is 6.23. The van der Waals surface area contributed by atoms with E-state index in [0.29, 0.717) is 19.5 Å². The highest BCUT2D eigenvalue weighted by Crippen LogP contribution is 2.50. The molecule has 0 saturated carbocycles. The van der Waals surface area contributed by atoms with Crippen LogP contribution in [0.3, 0.4) is 0 Å². The van der Waals surface area contributed by atoms with Crippen molar-refractivity contribution in [1.29, 1.82) is 0 Å². The number of hydrogen-bond acceptors (Lipinski definition) is 3. The van der Waals surface area contributed by atoms with Crippen LogP contribution in [0.1, 0.15) is 36.0 Å². The van der Waals surface area contributed by atoms with Gasteiger partial charge in [0.1, 0.15) is 11.7 Å². The van der Waals surface area contributed by atoms with Gasteiger partial charge in [-0.2, -0.15) is 0 Å². The largest absolute Gasteiger partial charge is 0.468 e. The van der Waals surface area contributed by atoms with Gasteiger partial charge in [0.15, 0.2) is 5.72 Å². The first-order valence-electron chi connectivity index (χ1n) is 11.4. The Bertz CT molecular complexity index is 1120. The second-order valence-electron chi connectivity index (χ2n) is 9.17. The molecule has 5 heteroatoms. The highest BCUT2D eigenvalue weighted by atomic mass is 16.5. The Labute approximate surface area is 194 Å². The normalized spacial score (nSPS) is 23.5. The summed E-state index contributed by atoms with van der Waals surface area (Å²) in [5, 5.41) is 0. The predicted molar refractivity (Wildman–Crippen MR) is 126 cm³/mol. The summed E-state index contributed by atoms with van der Waals surface area (Å²) in [6, 6.07) is 27.7. The molecule has 168 valence electrons. The Morgan fingerprint density at radius 3 is 2.09 bits per heavy atom. The number of fused-ring (bicyclic) bond motifs is 4. The van der Waals surface area contributed by atoms with Crippen molar-refractivity contribution < 1.29 is 14.3 Å². The molecule has 3 aromatic carbocycles. The standard InChI is InChI=1S/C28H28N2O3/c1-28-17-23(22-15-9-10-16-24(22)33-28)25(26(31)29(28)2)27(32)30(18-20-11-5-3-6-12-20)19-21-13-7-4-8-14-21/h3-16,23,25H,17-19H2,1-2H3/t23-,25-,28+/m0/s1. The minimum atomic E-state index is -0.777. The van der Waals surface area contributed by atoms with Gasteiger partial charge in [0, 0.05) is 32.5 Å². The van der Waals surface area contributed by atoms with Crippen LogP contribution in [0.2, 0.25) is 0 Å². The van der Waals surface area contributed by atoms with Gasteiger partial charge in [-0.3, -0.25) is 9.59 Å². The molecule has 3 aromatic rings. The molecular weight excluding hydrogens is 412 g/mol. The van der Waals surface area contributed by atoms with Gasteiger partial charge in [0.05, 0.1) is 0 Å². The first-order valence-corrected chi connectivity index (χ1v) is 11.4. The van der Waals surface area contributed by atoms with Crippen LogP contribution in [0.5, 0.6) is 5.75 Å². The topological polar surface area (TPSA) is 49.9 Å². The van der Waals surface area contributed by atoms with E-state index in [1.54, 1.807) is 11.9 Å². The van der Waals surface area contributed by atoms with Crippen molar-refractivity contribution in [1.82, 2.24) is 9.80 Å². The number of amides is 2. The van der Waals surface area contributed by atoms with Crippen LogP contribution in [0, 0.1) is 5.92 Å². The maximum atomic E-state index is 14.1. The molecule has 0 spiro atoms. The van der Waals surface area contributed by atoms with Crippen molar-refractivity contribution in [3.8, 4) is 5.75 Å². The molecule has 2 bridgehead atoms. The van der Waals surface area contributed by atoms with E-state index in [1.165, 1.54) is 0 Å². The number of carbonyl (C=O) groups is 2. The van der Waals surface area contributed by atoms with Gasteiger partial charge in [-0.25, -0.2) is 0 Å². The van der Waals surface area contributed by atoms with E-state index in [4.69, 9.17) is 4.74 Å². The summed E-state index contributed by atoms with van der Waals surface area (Å²) in [5.41, 5.74) is 2.26.